The molecule has 1 N–H and O–H groups in total. The molecule has 0 atom stereocenters. The van der Waals surface area contributed by atoms with Gasteiger partial charge in [0.15, 0.2) is 5.03 Å². The minimum absolute atomic E-state index is 0.0559. The maximum atomic E-state index is 12.6. The molecule has 7 nitrogen and oxygen atoms in total. The van der Waals surface area contributed by atoms with Crippen molar-refractivity contribution in [2.24, 2.45) is 0 Å². The molecule has 0 aliphatic rings. The molecule has 8 heteroatoms. The predicted octanol–water partition coefficient (Wildman–Crippen LogP) is 1.17. The SMILES string of the molecule is CCn1cnc(S(=O)(=O)N(CCC(=O)O)C(C)(C)C)c1. The summed E-state index contributed by atoms with van der Waals surface area (Å²) in [5, 5.41) is 8.71. The minimum atomic E-state index is -3.81. The number of imidazole rings is 1. The Kier molecular flexibility index (Phi) is 4.93. The summed E-state index contributed by atoms with van der Waals surface area (Å²) >= 11 is 0. The Morgan fingerprint density at radius 1 is 1.45 bits per heavy atom. The van der Waals surface area contributed by atoms with Gasteiger partial charge < -0.3 is 9.67 Å². The third kappa shape index (κ3) is 3.80. The van der Waals surface area contributed by atoms with Gasteiger partial charge in [0, 0.05) is 24.8 Å². The molecule has 0 fully saturated rings. The van der Waals surface area contributed by atoms with E-state index in [1.807, 2.05) is 6.92 Å². The summed E-state index contributed by atoms with van der Waals surface area (Å²) in [5.41, 5.74) is -0.718. The zero-order valence-electron chi connectivity index (χ0n) is 12.2. The number of aromatic nitrogens is 2. The van der Waals surface area contributed by atoms with E-state index in [-0.39, 0.29) is 18.0 Å². The number of aryl methyl sites for hydroxylation is 1. The number of hydrogen-bond donors (Lipinski definition) is 1. The maximum absolute atomic E-state index is 12.6. The average molecular weight is 303 g/mol. The van der Waals surface area contributed by atoms with E-state index in [2.05, 4.69) is 4.98 Å². The van der Waals surface area contributed by atoms with E-state index in [1.54, 1.807) is 25.3 Å². The lowest BCUT2D eigenvalue weighted by molar-refractivity contribution is -0.137. The van der Waals surface area contributed by atoms with Crippen LogP contribution in [-0.4, -0.2) is 45.4 Å². The molecule has 0 aliphatic heterocycles. The van der Waals surface area contributed by atoms with Crippen molar-refractivity contribution in [3.05, 3.63) is 12.5 Å². The van der Waals surface area contributed by atoms with Crippen LogP contribution in [0.15, 0.2) is 17.6 Å². The lowest BCUT2D eigenvalue weighted by Crippen LogP contribution is -2.46. The van der Waals surface area contributed by atoms with E-state index in [4.69, 9.17) is 5.11 Å². The number of carboxylic acid groups (broad SMARTS) is 1. The van der Waals surface area contributed by atoms with Gasteiger partial charge in [0.2, 0.25) is 0 Å². The summed E-state index contributed by atoms with van der Waals surface area (Å²) in [6, 6.07) is 0. The summed E-state index contributed by atoms with van der Waals surface area (Å²) in [5.74, 6) is -1.03. The maximum Gasteiger partial charge on any atom is 0.304 e. The molecule has 1 aromatic heterocycles. The third-order valence-corrected chi connectivity index (χ3v) is 4.86. The van der Waals surface area contributed by atoms with Crippen molar-refractivity contribution in [3.63, 3.8) is 0 Å². The van der Waals surface area contributed by atoms with Crippen LogP contribution in [-0.2, 0) is 21.4 Å². The van der Waals surface area contributed by atoms with Crippen LogP contribution in [0.5, 0.6) is 0 Å². The third-order valence-electron chi connectivity index (χ3n) is 2.81. The van der Waals surface area contributed by atoms with Crippen molar-refractivity contribution < 1.29 is 18.3 Å². The average Bonchev–Trinajstić information content (AvgIpc) is 2.75. The molecular formula is C12H21N3O4S. The zero-order chi connectivity index (χ0) is 15.6. The van der Waals surface area contributed by atoms with Crippen molar-refractivity contribution in [1.29, 1.82) is 0 Å². The first-order valence-electron chi connectivity index (χ1n) is 6.35. The molecule has 0 amide bonds. The number of carbonyl (C=O) groups is 1. The number of nitrogens with zero attached hydrogens (tertiary/aromatic N) is 3. The Morgan fingerprint density at radius 3 is 2.45 bits per heavy atom. The lowest BCUT2D eigenvalue weighted by Gasteiger charge is -2.33. The molecule has 1 aromatic rings. The van der Waals surface area contributed by atoms with Gasteiger partial charge in [-0.25, -0.2) is 13.4 Å². The van der Waals surface area contributed by atoms with Crippen LogP contribution in [0.25, 0.3) is 0 Å². The fourth-order valence-electron chi connectivity index (χ4n) is 1.77. The molecule has 1 rings (SSSR count). The van der Waals surface area contributed by atoms with Gasteiger partial charge in [-0.15, -0.1) is 0 Å². The predicted molar refractivity (Wildman–Crippen MR) is 73.8 cm³/mol. The van der Waals surface area contributed by atoms with Gasteiger partial charge in [-0.3, -0.25) is 4.79 Å². The minimum Gasteiger partial charge on any atom is -0.481 e. The summed E-state index contributed by atoms with van der Waals surface area (Å²) < 4.78 is 28.0. The van der Waals surface area contributed by atoms with E-state index >= 15 is 0 Å². The smallest absolute Gasteiger partial charge is 0.304 e. The molecule has 0 aliphatic carbocycles. The van der Waals surface area contributed by atoms with Crippen molar-refractivity contribution in [3.8, 4) is 0 Å². The first kappa shape index (κ1) is 16.6. The summed E-state index contributed by atoms with van der Waals surface area (Å²) in [6.07, 6.45) is 2.66. The number of carboxylic acids is 1. The molecule has 0 unspecified atom stereocenters. The van der Waals surface area contributed by atoms with Crippen LogP contribution in [0.3, 0.4) is 0 Å². The van der Waals surface area contributed by atoms with Crippen molar-refractivity contribution in [1.82, 2.24) is 13.9 Å². The standard InChI is InChI=1S/C12H21N3O4S/c1-5-14-8-10(13-9-14)20(18,19)15(12(2,3)4)7-6-11(16)17/h8-9H,5-7H2,1-4H3,(H,16,17). The van der Waals surface area contributed by atoms with Crippen LogP contribution < -0.4 is 0 Å². The van der Waals surface area contributed by atoms with Crippen LogP contribution in [0, 0.1) is 0 Å². The van der Waals surface area contributed by atoms with Crippen molar-refractivity contribution in [2.45, 2.75) is 51.2 Å². The van der Waals surface area contributed by atoms with E-state index in [9.17, 15) is 13.2 Å². The monoisotopic (exact) mass is 303 g/mol. The Bertz CT molecular complexity index is 572. The highest BCUT2D eigenvalue weighted by molar-refractivity contribution is 7.89. The van der Waals surface area contributed by atoms with Crippen LogP contribution in [0.4, 0.5) is 0 Å². The molecule has 0 saturated heterocycles. The molecule has 0 saturated carbocycles. The van der Waals surface area contributed by atoms with Crippen molar-refractivity contribution >= 4 is 16.0 Å². The molecule has 1 heterocycles. The second-order valence-electron chi connectivity index (χ2n) is 5.43. The molecular weight excluding hydrogens is 282 g/mol. The highest BCUT2D eigenvalue weighted by atomic mass is 32.2. The Hall–Kier alpha value is -1.41. The highest BCUT2D eigenvalue weighted by Gasteiger charge is 2.35. The molecule has 0 aromatic carbocycles. The van der Waals surface area contributed by atoms with E-state index < -0.39 is 21.5 Å². The number of rotatable bonds is 6. The topological polar surface area (TPSA) is 92.5 Å². The Labute approximate surface area is 119 Å². The van der Waals surface area contributed by atoms with E-state index in [1.165, 1.54) is 16.8 Å². The van der Waals surface area contributed by atoms with Gasteiger partial charge in [-0.2, -0.15) is 4.31 Å². The molecule has 0 radical (unpaired) electrons. The van der Waals surface area contributed by atoms with Gasteiger partial charge in [-0.05, 0) is 27.7 Å². The Balaban J connectivity index is 3.13. The summed E-state index contributed by atoms with van der Waals surface area (Å²) in [4.78, 5) is 14.6. The number of aliphatic carboxylic acids is 1. The first-order chi connectivity index (χ1) is 9.09. The second-order valence-corrected chi connectivity index (χ2v) is 7.24. The fraction of sp³-hybridized carbons (Fsp3) is 0.667. The largest absolute Gasteiger partial charge is 0.481 e. The molecule has 0 spiro atoms. The van der Waals surface area contributed by atoms with Crippen molar-refractivity contribution in [2.75, 3.05) is 6.54 Å². The van der Waals surface area contributed by atoms with Gasteiger partial charge in [0.05, 0.1) is 12.7 Å². The van der Waals surface area contributed by atoms with Gasteiger partial charge in [0.25, 0.3) is 10.0 Å². The summed E-state index contributed by atoms with van der Waals surface area (Å²) in [6.45, 7) is 7.59. The van der Waals surface area contributed by atoms with Gasteiger partial charge in [-0.1, -0.05) is 0 Å². The number of hydrogen-bond acceptors (Lipinski definition) is 4. The van der Waals surface area contributed by atoms with E-state index in [0.717, 1.165) is 0 Å². The summed E-state index contributed by atoms with van der Waals surface area (Å²) in [7, 11) is -3.81. The quantitative estimate of drug-likeness (QED) is 0.851. The second kappa shape index (κ2) is 5.92. The molecule has 114 valence electrons. The lowest BCUT2D eigenvalue weighted by atomic mass is 10.1. The molecule has 20 heavy (non-hydrogen) atoms. The normalized spacial score (nSPS) is 12.8. The van der Waals surface area contributed by atoms with Crippen LogP contribution >= 0.6 is 0 Å². The van der Waals surface area contributed by atoms with E-state index in [0.29, 0.717) is 6.54 Å². The fourth-order valence-corrected chi connectivity index (χ4v) is 3.50. The molecule has 0 bridgehead atoms. The zero-order valence-corrected chi connectivity index (χ0v) is 13.0. The number of sulfonamides is 1. The van der Waals surface area contributed by atoms with Crippen LogP contribution in [0.1, 0.15) is 34.1 Å². The highest BCUT2D eigenvalue weighted by Crippen LogP contribution is 2.23. The van der Waals surface area contributed by atoms with Gasteiger partial charge >= 0.3 is 5.97 Å². The van der Waals surface area contributed by atoms with Gasteiger partial charge in [0.1, 0.15) is 0 Å². The Morgan fingerprint density at radius 2 is 2.05 bits per heavy atom. The van der Waals surface area contributed by atoms with Crippen LogP contribution in [0.2, 0.25) is 0 Å². The first-order valence-corrected chi connectivity index (χ1v) is 7.79.